The summed E-state index contributed by atoms with van der Waals surface area (Å²) in [4.78, 5) is 0. The van der Waals surface area contributed by atoms with E-state index in [1.165, 1.54) is 0 Å². The molecule has 0 fully saturated rings. The Labute approximate surface area is 92.7 Å². The van der Waals surface area contributed by atoms with Crippen molar-refractivity contribution in [3.8, 4) is 0 Å². The molecule has 1 aromatic rings. The van der Waals surface area contributed by atoms with E-state index in [9.17, 15) is 4.21 Å². The highest BCUT2D eigenvalue weighted by molar-refractivity contribution is 7.84. The monoisotopic (exact) mass is 230 g/mol. The molecule has 5 nitrogen and oxygen atoms in total. The fraction of sp³-hybridized carbons (Fsp3) is 0.778. The zero-order chi connectivity index (χ0) is 11.3. The Morgan fingerprint density at radius 2 is 2.40 bits per heavy atom. The standard InChI is InChI=1S/C9H18N4OS/c1-8(4-5-15(3)14)10-6-9-7-11-12-13(9)2/h7-8,10H,4-6H2,1-3H3. The van der Waals surface area contributed by atoms with Crippen LogP contribution in [0.5, 0.6) is 0 Å². The number of hydrogen-bond acceptors (Lipinski definition) is 4. The maximum absolute atomic E-state index is 10.9. The SMILES string of the molecule is CC(CCS(C)=O)NCc1cnnn1C. The highest BCUT2D eigenvalue weighted by Gasteiger charge is 2.04. The van der Waals surface area contributed by atoms with E-state index in [-0.39, 0.29) is 0 Å². The topological polar surface area (TPSA) is 59.8 Å². The van der Waals surface area contributed by atoms with Crippen LogP contribution in [0.1, 0.15) is 19.0 Å². The van der Waals surface area contributed by atoms with Gasteiger partial charge in [-0.1, -0.05) is 5.21 Å². The summed E-state index contributed by atoms with van der Waals surface area (Å²) < 4.78 is 12.6. The first-order valence-electron chi connectivity index (χ1n) is 4.96. The molecule has 0 saturated heterocycles. The Kier molecular flexibility index (Phi) is 4.90. The highest BCUT2D eigenvalue weighted by atomic mass is 32.2. The van der Waals surface area contributed by atoms with E-state index in [0.717, 1.165) is 24.4 Å². The van der Waals surface area contributed by atoms with E-state index in [0.29, 0.717) is 6.04 Å². The lowest BCUT2D eigenvalue weighted by molar-refractivity contribution is 0.516. The fourth-order valence-electron chi connectivity index (χ4n) is 1.19. The van der Waals surface area contributed by atoms with Crippen molar-refractivity contribution in [3.05, 3.63) is 11.9 Å². The molecule has 0 aliphatic carbocycles. The van der Waals surface area contributed by atoms with Crippen LogP contribution in [0.15, 0.2) is 6.20 Å². The van der Waals surface area contributed by atoms with Crippen LogP contribution in [0.3, 0.4) is 0 Å². The number of aromatic nitrogens is 3. The number of nitrogens with zero attached hydrogens (tertiary/aromatic N) is 3. The normalized spacial score (nSPS) is 15.1. The van der Waals surface area contributed by atoms with Gasteiger partial charge in [-0.3, -0.25) is 8.89 Å². The lowest BCUT2D eigenvalue weighted by Gasteiger charge is -2.12. The summed E-state index contributed by atoms with van der Waals surface area (Å²) >= 11 is 0. The van der Waals surface area contributed by atoms with Gasteiger partial charge in [0.2, 0.25) is 0 Å². The van der Waals surface area contributed by atoms with Crippen LogP contribution in [-0.2, 0) is 24.4 Å². The number of nitrogens with one attached hydrogen (secondary N) is 1. The van der Waals surface area contributed by atoms with Gasteiger partial charge in [-0.25, -0.2) is 0 Å². The zero-order valence-corrected chi connectivity index (χ0v) is 10.3. The van der Waals surface area contributed by atoms with E-state index in [1.54, 1.807) is 17.1 Å². The van der Waals surface area contributed by atoms with Crippen LogP contribution >= 0.6 is 0 Å². The highest BCUT2D eigenvalue weighted by Crippen LogP contribution is 1.97. The van der Waals surface area contributed by atoms with E-state index >= 15 is 0 Å². The van der Waals surface area contributed by atoms with Gasteiger partial charge in [-0.2, -0.15) is 0 Å². The van der Waals surface area contributed by atoms with Crippen LogP contribution in [0.4, 0.5) is 0 Å². The van der Waals surface area contributed by atoms with Crippen molar-refractivity contribution in [2.24, 2.45) is 7.05 Å². The molecule has 2 unspecified atom stereocenters. The Morgan fingerprint density at radius 3 is 2.93 bits per heavy atom. The molecule has 0 aromatic carbocycles. The predicted octanol–water partition coefficient (Wildman–Crippen LogP) is 0.0618. The molecular weight excluding hydrogens is 212 g/mol. The van der Waals surface area contributed by atoms with Crippen molar-refractivity contribution >= 4 is 10.8 Å². The fourth-order valence-corrected chi connectivity index (χ4v) is 1.88. The van der Waals surface area contributed by atoms with Gasteiger partial charge in [0.25, 0.3) is 0 Å². The van der Waals surface area contributed by atoms with Gasteiger partial charge < -0.3 is 5.32 Å². The Morgan fingerprint density at radius 1 is 1.67 bits per heavy atom. The predicted molar refractivity (Wildman–Crippen MR) is 60.9 cm³/mol. The molecule has 1 heterocycles. The Bertz CT molecular complexity index is 326. The third kappa shape index (κ3) is 4.53. The lowest BCUT2D eigenvalue weighted by atomic mass is 10.2. The molecule has 15 heavy (non-hydrogen) atoms. The minimum atomic E-state index is -0.701. The quantitative estimate of drug-likeness (QED) is 0.751. The largest absolute Gasteiger partial charge is 0.309 e. The summed E-state index contributed by atoms with van der Waals surface area (Å²) in [6.07, 6.45) is 4.41. The van der Waals surface area contributed by atoms with Gasteiger partial charge in [-0.05, 0) is 13.3 Å². The molecule has 1 aromatic heterocycles. The maximum Gasteiger partial charge on any atom is 0.0738 e. The van der Waals surface area contributed by atoms with E-state index in [2.05, 4.69) is 22.6 Å². The molecule has 1 rings (SSSR count). The average Bonchev–Trinajstić information content (AvgIpc) is 2.58. The van der Waals surface area contributed by atoms with Crippen LogP contribution in [0.25, 0.3) is 0 Å². The molecule has 0 radical (unpaired) electrons. The van der Waals surface area contributed by atoms with E-state index < -0.39 is 10.8 Å². The Hall–Kier alpha value is -0.750. The first-order chi connectivity index (χ1) is 7.09. The summed E-state index contributed by atoms with van der Waals surface area (Å²) in [6, 6.07) is 0.365. The minimum absolute atomic E-state index is 0.365. The molecule has 0 aliphatic rings. The Balaban J connectivity index is 2.25. The first-order valence-corrected chi connectivity index (χ1v) is 6.69. The maximum atomic E-state index is 10.9. The molecule has 1 N–H and O–H groups in total. The number of aryl methyl sites for hydroxylation is 1. The number of rotatable bonds is 6. The van der Waals surface area contributed by atoms with E-state index in [1.807, 2.05) is 7.05 Å². The molecule has 0 spiro atoms. The summed E-state index contributed by atoms with van der Waals surface area (Å²) in [5, 5.41) is 11.0. The molecular formula is C9H18N4OS. The molecule has 86 valence electrons. The third-order valence-corrected chi connectivity index (χ3v) is 3.09. The van der Waals surface area contributed by atoms with Gasteiger partial charge in [0, 0.05) is 42.4 Å². The van der Waals surface area contributed by atoms with Crippen molar-refractivity contribution in [2.45, 2.75) is 25.9 Å². The average molecular weight is 230 g/mol. The molecule has 0 saturated carbocycles. The first kappa shape index (κ1) is 12.3. The van der Waals surface area contributed by atoms with Crippen LogP contribution in [0, 0.1) is 0 Å². The second-order valence-electron chi connectivity index (χ2n) is 3.70. The van der Waals surface area contributed by atoms with Crippen LogP contribution < -0.4 is 5.32 Å². The van der Waals surface area contributed by atoms with Gasteiger partial charge in [0.1, 0.15) is 0 Å². The lowest BCUT2D eigenvalue weighted by Crippen LogP contribution is -2.27. The summed E-state index contributed by atoms with van der Waals surface area (Å²) in [6.45, 7) is 2.84. The van der Waals surface area contributed by atoms with Gasteiger partial charge in [-0.15, -0.1) is 5.10 Å². The van der Waals surface area contributed by atoms with Crippen LogP contribution in [-0.4, -0.2) is 37.3 Å². The van der Waals surface area contributed by atoms with Gasteiger partial charge >= 0.3 is 0 Å². The molecule has 6 heteroatoms. The smallest absolute Gasteiger partial charge is 0.0738 e. The minimum Gasteiger partial charge on any atom is -0.309 e. The van der Waals surface area contributed by atoms with Crippen molar-refractivity contribution in [1.82, 2.24) is 20.3 Å². The molecule has 0 amide bonds. The van der Waals surface area contributed by atoms with Crippen molar-refractivity contribution in [2.75, 3.05) is 12.0 Å². The van der Waals surface area contributed by atoms with Gasteiger partial charge in [0.05, 0.1) is 11.9 Å². The summed E-state index contributed by atoms with van der Waals surface area (Å²) in [5.41, 5.74) is 1.06. The number of hydrogen-bond donors (Lipinski definition) is 1. The molecule has 0 aliphatic heterocycles. The second-order valence-corrected chi connectivity index (χ2v) is 5.25. The van der Waals surface area contributed by atoms with Crippen molar-refractivity contribution < 1.29 is 4.21 Å². The zero-order valence-electron chi connectivity index (χ0n) is 9.43. The second kappa shape index (κ2) is 5.97. The van der Waals surface area contributed by atoms with Gasteiger partial charge in [0.15, 0.2) is 0 Å². The van der Waals surface area contributed by atoms with Crippen LogP contribution in [0.2, 0.25) is 0 Å². The molecule has 0 bridgehead atoms. The van der Waals surface area contributed by atoms with E-state index in [4.69, 9.17) is 0 Å². The third-order valence-electron chi connectivity index (χ3n) is 2.28. The summed E-state index contributed by atoms with van der Waals surface area (Å²) in [5.74, 6) is 0.748. The summed E-state index contributed by atoms with van der Waals surface area (Å²) in [7, 11) is 1.17. The van der Waals surface area contributed by atoms with Crippen molar-refractivity contribution in [1.29, 1.82) is 0 Å². The molecule has 2 atom stereocenters. The van der Waals surface area contributed by atoms with Crippen molar-refractivity contribution in [3.63, 3.8) is 0 Å².